The summed E-state index contributed by atoms with van der Waals surface area (Å²) in [5, 5.41) is -0.198. The second-order valence-electron chi connectivity index (χ2n) is 3.98. The number of benzene rings is 1. The lowest BCUT2D eigenvalue weighted by atomic mass is 10.2. The number of amides is 2. The van der Waals surface area contributed by atoms with E-state index >= 15 is 0 Å². The van der Waals surface area contributed by atoms with Crippen molar-refractivity contribution in [3.05, 3.63) is 29.8 Å². The third-order valence-electron chi connectivity index (χ3n) is 2.61. The molecule has 1 aliphatic heterocycles. The van der Waals surface area contributed by atoms with Gasteiger partial charge in [-0.2, -0.15) is 0 Å². The van der Waals surface area contributed by atoms with E-state index in [-0.39, 0.29) is 16.9 Å². The second-order valence-corrected chi connectivity index (χ2v) is 4.91. The summed E-state index contributed by atoms with van der Waals surface area (Å²) in [5.74, 6) is 0.742. The Kier molecular flexibility index (Phi) is 4.57. The van der Waals surface area contributed by atoms with Gasteiger partial charge in [-0.25, -0.2) is 0 Å². The molecule has 1 saturated heterocycles. The van der Waals surface area contributed by atoms with Crippen LogP contribution in [0.1, 0.15) is 12.0 Å². The lowest BCUT2D eigenvalue weighted by Crippen LogP contribution is -2.27. The highest BCUT2D eigenvalue weighted by atomic mass is 32.2. The van der Waals surface area contributed by atoms with Gasteiger partial charge in [0.15, 0.2) is 0 Å². The van der Waals surface area contributed by atoms with Gasteiger partial charge in [-0.3, -0.25) is 14.5 Å². The summed E-state index contributed by atoms with van der Waals surface area (Å²) in [5.41, 5.74) is 0.868. The number of nitrogens with zero attached hydrogens (tertiary/aromatic N) is 1. The van der Waals surface area contributed by atoms with Crippen LogP contribution in [0, 0.1) is 0 Å². The minimum atomic E-state index is -0.198. The largest absolute Gasteiger partial charge is 0.493 e. The minimum absolute atomic E-state index is 0.152. The van der Waals surface area contributed by atoms with Crippen molar-refractivity contribution in [3.63, 3.8) is 0 Å². The molecule has 0 radical (unpaired) electrons. The highest BCUT2D eigenvalue weighted by Gasteiger charge is 2.29. The van der Waals surface area contributed by atoms with Crippen LogP contribution in [0.25, 0.3) is 0 Å². The van der Waals surface area contributed by atoms with Crippen LogP contribution in [0.3, 0.4) is 0 Å². The average molecular weight is 279 g/mol. The van der Waals surface area contributed by atoms with Crippen LogP contribution in [0.5, 0.6) is 5.75 Å². The number of hydrogen-bond acceptors (Lipinski definition) is 5. The van der Waals surface area contributed by atoms with Crippen LogP contribution in [-0.2, 0) is 16.1 Å². The molecule has 5 nitrogen and oxygen atoms in total. The van der Waals surface area contributed by atoms with Crippen molar-refractivity contribution < 1.29 is 19.1 Å². The average Bonchev–Trinajstić information content (AvgIpc) is 2.73. The molecule has 2 amide bonds. The number of aldehydes is 1. The van der Waals surface area contributed by atoms with Crippen molar-refractivity contribution in [3.8, 4) is 5.75 Å². The number of carbonyl (C=O) groups excluding carboxylic acids is 3. The molecule has 0 bridgehead atoms. The molecule has 0 spiro atoms. The maximum Gasteiger partial charge on any atom is 0.289 e. The number of carbonyl (C=O) groups is 3. The predicted molar refractivity (Wildman–Crippen MR) is 71.0 cm³/mol. The molecule has 1 aromatic rings. The molecule has 2 rings (SSSR count). The first kappa shape index (κ1) is 13.6. The summed E-state index contributed by atoms with van der Waals surface area (Å²) in [6.45, 7) is 0.641. The number of thioether (sulfide) groups is 1. The van der Waals surface area contributed by atoms with Crippen molar-refractivity contribution >= 4 is 29.2 Å². The Morgan fingerprint density at radius 2 is 2.00 bits per heavy atom. The van der Waals surface area contributed by atoms with Crippen LogP contribution in [0.2, 0.25) is 0 Å². The first-order valence-corrected chi connectivity index (χ1v) is 6.82. The maximum atomic E-state index is 11.5. The monoisotopic (exact) mass is 279 g/mol. The molecule has 0 aliphatic carbocycles. The zero-order valence-electron chi connectivity index (χ0n) is 10.2. The summed E-state index contributed by atoms with van der Waals surface area (Å²) < 4.78 is 5.33. The first-order chi connectivity index (χ1) is 9.20. The molecular formula is C13H13NO4S. The van der Waals surface area contributed by atoms with Gasteiger partial charge in [0.1, 0.15) is 12.0 Å². The lowest BCUT2D eigenvalue weighted by molar-refractivity contribution is -0.125. The molecule has 100 valence electrons. The number of ether oxygens (including phenoxy) is 1. The fourth-order valence-corrected chi connectivity index (χ4v) is 2.36. The molecule has 1 aliphatic rings. The lowest BCUT2D eigenvalue weighted by Gasteiger charge is -2.13. The Morgan fingerprint density at radius 1 is 1.26 bits per heavy atom. The van der Waals surface area contributed by atoms with Crippen LogP contribution < -0.4 is 4.74 Å². The van der Waals surface area contributed by atoms with E-state index in [1.165, 1.54) is 4.90 Å². The van der Waals surface area contributed by atoms with Gasteiger partial charge >= 0.3 is 0 Å². The predicted octanol–water partition coefficient (Wildman–Crippen LogP) is 1.85. The van der Waals surface area contributed by atoms with Crippen LogP contribution >= 0.6 is 11.8 Å². The molecule has 19 heavy (non-hydrogen) atoms. The van der Waals surface area contributed by atoms with E-state index in [1.54, 1.807) is 24.3 Å². The molecule has 0 unspecified atom stereocenters. The molecule has 0 aromatic heterocycles. The molecule has 1 aromatic carbocycles. The van der Waals surface area contributed by atoms with Gasteiger partial charge in [0, 0.05) is 6.42 Å². The third kappa shape index (κ3) is 3.57. The normalized spacial score (nSPS) is 14.8. The van der Waals surface area contributed by atoms with Gasteiger partial charge in [0.25, 0.3) is 5.24 Å². The Bertz CT molecular complexity index is 470. The number of imide groups is 1. The van der Waals surface area contributed by atoms with Crippen molar-refractivity contribution in [2.45, 2.75) is 13.0 Å². The fourth-order valence-electron chi connectivity index (χ4n) is 1.63. The van der Waals surface area contributed by atoms with Crippen molar-refractivity contribution in [1.29, 1.82) is 0 Å². The van der Waals surface area contributed by atoms with E-state index in [1.807, 2.05) is 0 Å². The molecule has 1 fully saturated rings. The van der Waals surface area contributed by atoms with Gasteiger partial charge in [-0.15, -0.1) is 0 Å². The van der Waals surface area contributed by atoms with E-state index in [0.717, 1.165) is 23.6 Å². The highest BCUT2D eigenvalue weighted by Crippen LogP contribution is 2.22. The third-order valence-corrected chi connectivity index (χ3v) is 3.47. The van der Waals surface area contributed by atoms with Gasteiger partial charge in [0.05, 0.1) is 18.9 Å². The van der Waals surface area contributed by atoms with Gasteiger partial charge in [0.2, 0.25) is 5.91 Å². The Hall–Kier alpha value is -1.82. The van der Waals surface area contributed by atoms with Crippen molar-refractivity contribution in [1.82, 2.24) is 4.90 Å². The van der Waals surface area contributed by atoms with E-state index in [4.69, 9.17) is 4.74 Å². The number of hydrogen-bond donors (Lipinski definition) is 0. The van der Waals surface area contributed by atoms with Gasteiger partial charge in [-0.1, -0.05) is 23.9 Å². The smallest absolute Gasteiger partial charge is 0.289 e. The molecule has 1 heterocycles. The Labute approximate surface area is 114 Å². The molecule has 0 saturated carbocycles. The van der Waals surface area contributed by atoms with E-state index < -0.39 is 0 Å². The van der Waals surface area contributed by atoms with E-state index in [0.29, 0.717) is 25.3 Å². The fraction of sp³-hybridized carbons (Fsp3) is 0.308. The molecule has 6 heteroatoms. The summed E-state index contributed by atoms with van der Waals surface area (Å²) in [6, 6.07) is 7.14. The first-order valence-electron chi connectivity index (χ1n) is 5.83. The summed E-state index contributed by atoms with van der Waals surface area (Å²) >= 11 is 1.03. The second kappa shape index (κ2) is 6.38. The van der Waals surface area contributed by atoms with Gasteiger partial charge in [-0.05, 0) is 17.7 Å². The topological polar surface area (TPSA) is 63.7 Å². The quantitative estimate of drug-likeness (QED) is 0.587. The highest BCUT2D eigenvalue weighted by molar-refractivity contribution is 8.14. The molecular weight excluding hydrogens is 266 g/mol. The zero-order valence-corrected chi connectivity index (χ0v) is 11.0. The van der Waals surface area contributed by atoms with Crippen molar-refractivity contribution in [2.75, 3.05) is 12.4 Å². The van der Waals surface area contributed by atoms with Crippen LogP contribution in [-0.4, -0.2) is 34.7 Å². The van der Waals surface area contributed by atoms with Gasteiger partial charge < -0.3 is 9.53 Å². The molecule has 0 atom stereocenters. The molecule has 0 N–H and O–H groups in total. The van der Waals surface area contributed by atoms with Crippen LogP contribution in [0.4, 0.5) is 4.79 Å². The Balaban J connectivity index is 1.93. The zero-order chi connectivity index (χ0) is 13.7. The van der Waals surface area contributed by atoms with Crippen LogP contribution in [0.15, 0.2) is 24.3 Å². The van der Waals surface area contributed by atoms with E-state index in [9.17, 15) is 14.4 Å². The van der Waals surface area contributed by atoms with E-state index in [2.05, 4.69) is 0 Å². The minimum Gasteiger partial charge on any atom is -0.493 e. The standard InChI is InChI=1S/C13H13NO4S/c15-6-1-7-18-11-4-2-10(3-5-11)8-14-12(16)9-19-13(14)17/h2-6H,1,7-9H2. The SMILES string of the molecule is O=CCCOc1ccc(CN2C(=O)CSC2=O)cc1. The van der Waals surface area contributed by atoms with Crippen molar-refractivity contribution in [2.24, 2.45) is 0 Å². The summed E-state index contributed by atoms with van der Waals surface area (Å²) in [4.78, 5) is 34.3. The number of rotatable bonds is 6. The Morgan fingerprint density at radius 3 is 2.58 bits per heavy atom. The summed E-state index contributed by atoms with van der Waals surface area (Å²) in [6.07, 6.45) is 1.16. The summed E-state index contributed by atoms with van der Waals surface area (Å²) in [7, 11) is 0. The maximum absolute atomic E-state index is 11.5.